The molecule has 0 aliphatic heterocycles. The Kier molecular flexibility index (Phi) is 7.78. The van der Waals surface area contributed by atoms with Crippen molar-refractivity contribution in [3.05, 3.63) is 77.4 Å². The van der Waals surface area contributed by atoms with Crippen molar-refractivity contribution in [3.63, 3.8) is 0 Å². The lowest BCUT2D eigenvalue weighted by Gasteiger charge is -2.18. The van der Waals surface area contributed by atoms with Crippen molar-refractivity contribution in [1.29, 1.82) is 0 Å². The highest BCUT2D eigenvalue weighted by Gasteiger charge is 2.18. The van der Waals surface area contributed by atoms with Gasteiger partial charge in [-0.3, -0.25) is 9.59 Å². The van der Waals surface area contributed by atoms with E-state index in [4.69, 9.17) is 0 Å². The van der Waals surface area contributed by atoms with Crippen LogP contribution in [0.4, 0.5) is 4.39 Å². The average molecular weight is 437 g/mol. The van der Waals surface area contributed by atoms with Gasteiger partial charge in [0.25, 0.3) is 11.8 Å². The number of carbonyl (C=O) groups excluding carboxylic acids is 2. The molecule has 2 amide bonds. The predicted octanol–water partition coefficient (Wildman–Crippen LogP) is 3.55. The topological polar surface area (TPSA) is 66.4 Å². The van der Waals surface area contributed by atoms with Crippen molar-refractivity contribution >= 4 is 28.8 Å². The van der Waals surface area contributed by atoms with Gasteiger partial charge in [0.1, 0.15) is 11.5 Å². The molecule has 0 unspecified atom stereocenters. The molecule has 32 heavy (non-hydrogen) atoms. The fourth-order valence-electron chi connectivity index (χ4n) is 3.60. The average Bonchev–Trinajstić information content (AvgIpc) is 3.12. The van der Waals surface area contributed by atoms with Crippen LogP contribution in [0.3, 0.4) is 0 Å². The first-order chi connectivity index (χ1) is 15.4. The lowest BCUT2D eigenvalue weighted by Crippen LogP contribution is -2.39. The van der Waals surface area contributed by atoms with Crippen LogP contribution in [-0.4, -0.2) is 47.5 Å². The SMILES string of the molecule is CCN(CC)CCNC(=O)/C(=C/c1cn(C)c2ccccc12)NC(=O)c1ccccc1F. The van der Waals surface area contributed by atoms with E-state index in [0.717, 1.165) is 29.6 Å². The minimum absolute atomic E-state index is 0.0640. The molecule has 0 spiro atoms. The normalized spacial score (nSPS) is 11.7. The number of hydrogen-bond acceptors (Lipinski definition) is 3. The molecule has 1 aromatic heterocycles. The Bertz CT molecular complexity index is 1130. The first-order valence-electron chi connectivity index (χ1n) is 10.8. The van der Waals surface area contributed by atoms with Gasteiger partial charge in [0.2, 0.25) is 0 Å². The van der Waals surface area contributed by atoms with E-state index in [9.17, 15) is 14.0 Å². The Labute approximate surface area is 187 Å². The summed E-state index contributed by atoms with van der Waals surface area (Å²) in [7, 11) is 1.92. The number of carbonyl (C=O) groups is 2. The molecule has 1 heterocycles. The van der Waals surface area contributed by atoms with E-state index in [0.29, 0.717) is 13.1 Å². The fraction of sp³-hybridized carbons (Fsp3) is 0.280. The Morgan fingerprint density at radius 2 is 1.75 bits per heavy atom. The molecule has 0 radical (unpaired) electrons. The number of hydrogen-bond donors (Lipinski definition) is 2. The molecule has 0 aliphatic carbocycles. The molecule has 3 aromatic rings. The summed E-state index contributed by atoms with van der Waals surface area (Å²) in [5.41, 5.74) is 1.73. The van der Waals surface area contributed by atoms with Crippen molar-refractivity contribution in [1.82, 2.24) is 20.1 Å². The molecule has 0 aliphatic rings. The van der Waals surface area contributed by atoms with Crippen molar-refractivity contribution in [3.8, 4) is 0 Å². The van der Waals surface area contributed by atoms with E-state index in [1.54, 1.807) is 12.1 Å². The largest absolute Gasteiger partial charge is 0.350 e. The van der Waals surface area contributed by atoms with Gasteiger partial charge in [-0.15, -0.1) is 0 Å². The Morgan fingerprint density at radius 1 is 1.06 bits per heavy atom. The van der Waals surface area contributed by atoms with Gasteiger partial charge in [0.05, 0.1) is 5.56 Å². The molecule has 168 valence electrons. The smallest absolute Gasteiger partial charge is 0.267 e. The highest BCUT2D eigenvalue weighted by Crippen LogP contribution is 2.22. The zero-order chi connectivity index (χ0) is 23.1. The van der Waals surface area contributed by atoms with Crippen LogP contribution in [0.2, 0.25) is 0 Å². The standard InChI is InChI=1S/C25H29FN4O2/c1-4-30(5-2)15-14-27-25(32)22(28-24(31)20-11-6-8-12-21(20)26)16-18-17-29(3)23-13-9-7-10-19(18)23/h6-13,16-17H,4-5,14-15H2,1-3H3,(H,27,32)(H,28,31)/b22-16-. The lowest BCUT2D eigenvalue weighted by atomic mass is 10.1. The number of aryl methyl sites for hydroxylation is 1. The van der Waals surface area contributed by atoms with Crippen molar-refractivity contribution in [2.45, 2.75) is 13.8 Å². The number of fused-ring (bicyclic) bond motifs is 1. The van der Waals surface area contributed by atoms with Gasteiger partial charge in [0, 0.05) is 42.8 Å². The van der Waals surface area contributed by atoms with Crippen molar-refractivity contribution in [2.75, 3.05) is 26.2 Å². The van der Waals surface area contributed by atoms with Crippen LogP contribution in [0.15, 0.2) is 60.4 Å². The molecule has 6 nitrogen and oxygen atoms in total. The lowest BCUT2D eigenvalue weighted by molar-refractivity contribution is -0.117. The third kappa shape index (κ3) is 5.42. The summed E-state index contributed by atoms with van der Waals surface area (Å²) >= 11 is 0. The number of amides is 2. The molecule has 0 fully saturated rings. The zero-order valence-corrected chi connectivity index (χ0v) is 18.7. The van der Waals surface area contributed by atoms with Crippen LogP contribution in [0, 0.1) is 5.82 Å². The van der Waals surface area contributed by atoms with E-state index in [2.05, 4.69) is 29.4 Å². The van der Waals surface area contributed by atoms with Gasteiger partial charge < -0.3 is 20.1 Å². The maximum Gasteiger partial charge on any atom is 0.267 e. The molecule has 2 N–H and O–H groups in total. The van der Waals surface area contributed by atoms with Gasteiger partial charge in [-0.25, -0.2) is 4.39 Å². The van der Waals surface area contributed by atoms with E-state index >= 15 is 0 Å². The minimum Gasteiger partial charge on any atom is -0.350 e. The molecular formula is C25H29FN4O2. The molecule has 0 saturated heterocycles. The number of benzene rings is 2. The fourth-order valence-corrected chi connectivity index (χ4v) is 3.60. The number of para-hydroxylation sites is 1. The second-order valence-electron chi connectivity index (χ2n) is 7.49. The van der Waals surface area contributed by atoms with Crippen molar-refractivity contribution in [2.24, 2.45) is 7.05 Å². The zero-order valence-electron chi connectivity index (χ0n) is 18.7. The first-order valence-corrected chi connectivity index (χ1v) is 10.8. The van der Waals surface area contributed by atoms with Crippen LogP contribution in [0.1, 0.15) is 29.8 Å². The molecule has 2 aromatic carbocycles. The highest BCUT2D eigenvalue weighted by molar-refractivity contribution is 6.06. The maximum atomic E-state index is 14.1. The Hall–Kier alpha value is -3.45. The molecule has 0 atom stereocenters. The monoisotopic (exact) mass is 436 g/mol. The van der Waals surface area contributed by atoms with Gasteiger partial charge >= 0.3 is 0 Å². The van der Waals surface area contributed by atoms with E-state index in [1.807, 2.05) is 42.1 Å². The maximum absolute atomic E-state index is 14.1. The van der Waals surface area contributed by atoms with E-state index in [1.165, 1.54) is 18.2 Å². The van der Waals surface area contributed by atoms with E-state index in [-0.39, 0.29) is 11.3 Å². The third-order valence-electron chi connectivity index (χ3n) is 5.45. The summed E-state index contributed by atoms with van der Waals surface area (Å²) < 4.78 is 16.1. The second-order valence-corrected chi connectivity index (χ2v) is 7.49. The van der Waals surface area contributed by atoms with Gasteiger partial charge in [0.15, 0.2) is 0 Å². The third-order valence-corrected chi connectivity index (χ3v) is 5.45. The van der Waals surface area contributed by atoms with Crippen LogP contribution >= 0.6 is 0 Å². The Balaban J connectivity index is 1.90. The molecular weight excluding hydrogens is 407 g/mol. The summed E-state index contributed by atoms with van der Waals surface area (Å²) in [5, 5.41) is 6.42. The summed E-state index contributed by atoms with van der Waals surface area (Å²) in [4.78, 5) is 27.9. The van der Waals surface area contributed by atoms with Crippen LogP contribution < -0.4 is 10.6 Å². The van der Waals surface area contributed by atoms with Gasteiger partial charge in [-0.05, 0) is 37.4 Å². The second kappa shape index (κ2) is 10.7. The number of rotatable bonds is 9. The number of aromatic nitrogens is 1. The molecule has 3 rings (SSSR count). The van der Waals surface area contributed by atoms with Gasteiger partial charge in [-0.1, -0.05) is 44.2 Å². The number of halogens is 1. The Morgan fingerprint density at radius 3 is 2.47 bits per heavy atom. The van der Waals surface area contributed by atoms with Crippen LogP contribution in [-0.2, 0) is 11.8 Å². The van der Waals surface area contributed by atoms with E-state index < -0.39 is 17.6 Å². The highest BCUT2D eigenvalue weighted by atomic mass is 19.1. The number of nitrogens with one attached hydrogen (secondary N) is 2. The summed E-state index contributed by atoms with van der Waals surface area (Å²) in [6.07, 6.45) is 3.52. The number of likely N-dealkylation sites (N-methyl/N-ethyl adjacent to an activating group) is 1. The molecule has 0 bridgehead atoms. The summed E-state index contributed by atoms with van der Waals surface area (Å²) in [6, 6.07) is 13.5. The molecule has 7 heteroatoms. The van der Waals surface area contributed by atoms with Crippen LogP contribution in [0.25, 0.3) is 17.0 Å². The molecule has 0 saturated carbocycles. The minimum atomic E-state index is -0.673. The summed E-state index contributed by atoms with van der Waals surface area (Å²) in [6.45, 7) is 7.02. The predicted molar refractivity (Wildman–Crippen MR) is 126 cm³/mol. The quantitative estimate of drug-likeness (QED) is 0.504. The summed E-state index contributed by atoms with van der Waals surface area (Å²) in [5.74, 6) is -1.74. The van der Waals surface area contributed by atoms with Crippen LogP contribution in [0.5, 0.6) is 0 Å². The first kappa shape index (κ1) is 23.2. The van der Waals surface area contributed by atoms with Crippen molar-refractivity contribution < 1.29 is 14.0 Å². The van der Waals surface area contributed by atoms with Gasteiger partial charge in [-0.2, -0.15) is 0 Å². The number of nitrogens with zero attached hydrogens (tertiary/aromatic N) is 2.